The van der Waals surface area contributed by atoms with Crippen LogP contribution in [0.2, 0.25) is 0 Å². The van der Waals surface area contributed by atoms with E-state index in [2.05, 4.69) is 21.3 Å². The van der Waals surface area contributed by atoms with E-state index < -0.39 is 0 Å². The molecular formula is C24H30N4O2S. The molecule has 3 atom stereocenters. The number of fused-ring (bicyclic) bond motifs is 3. The van der Waals surface area contributed by atoms with Gasteiger partial charge < -0.3 is 20.7 Å². The summed E-state index contributed by atoms with van der Waals surface area (Å²) in [7, 11) is 0. The number of amides is 1. The minimum Gasteiger partial charge on any atom is -0.384 e. The second-order valence-electron chi connectivity index (χ2n) is 9.57. The van der Waals surface area contributed by atoms with E-state index in [0.717, 1.165) is 75.0 Å². The maximum absolute atomic E-state index is 13.2. The Hall–Kier alpha value is -1.96. The van der Waals surface area contributed by atoms with E-state index in [1.54, 1.807) is 0 Å². The highest BCUT2D eigenvalue weighted by molar-refractivity contribution is 7.15. The fourth-order valence-corrected chi connectivity index (χ4v) is 7.36. The predicted molar refractivity (Wildman–Crippen MR) is 122 cm³/mol. The average molecular weight is 439 g/mol. The number of aromatic nitrogens is 1. The summed E-state index contributed by atoms with van der Waals surface area (Å²) in [5, 5.41) is 3.48. The van der Waals surface area contributed by atoms with Crippen LogP contribution in [0, 0.1) is 17.8 Å². The van der Waals surface area contributed by atoms with Crippen molar-refractivity contribution in [1.29, 1.82) is 0 Å². The summed E-state index contributed by atoms with van der Waals surface area (Å²) in [5.41, 5.74) is 7.90. The zero-order chi connectivity index (χ0) is 21.0. The van der Waals surface area contributed by atoms with Gasteiger partial charge in [0.15, 0.2) is 0 Å². The van der Waals surface area contributed by atoms with Crippen LogP contribution in [0.3, 0.4) is 0 Å². The van der Waals surface area contributed by atoms with E-state index >= 15 is 0 Å². The summed E-state index contributed by atoms with van der Waals surface area (Å²) in [6.07, 6.45) is 5.03. The SMILES string of the molecule is Nc1cccc(-c2cc3c(s2)CCOC32CCN(C(=O)[C@@H]3C[C@H]4CCNC[C@H]43)CC2)n1. The highest BCUT2D eigenvalue weighted by atomic mass is 32.1. The van der Waals surface area contributed by atoms with Gasteiger partial charge in [0.1, 0.15) is 5.82 Å². The van der Waals surface area contributed by atoms with Gasteiger partial charge >= 0.3 is 0 Å². The number of anilines is 1. The number of nitrogen functional groups attached to an aromatic ring is 1. The van der Waals surface area contributed by atoms with E-state index in [0.29, 0.717) is 17.6 Å². The first-order valence-corrected chi connectivity index (χ1v) is 12.4. The van der Waals surface area contributed by atoms with Crippen LogP contribution in [0.15, 0.2) is 24.3 Å². The number of likely N-dealkylation sites (tertiary alicyclic amines) is 1. The van der Waals surface area contributed by atoms with Crippen LogP contribution >= 0.6 is 11.3 Å². The molecule has 2 saturated heterocycles. The number of rotatable bonds is 2. The van der Waals surface area contributed by atoms with Crippen LogP contribution in [0.25, 0.3) is 10.6 Å². The van der Waals surface area contributed by atoms with Crippen LogP contribution in [0.5, 0.6) is 0 Å². The molecule has 2 aromatic heterocycles. The molecule has 7 heteroatoms. The number of carbonyl (C=O) groups is 1. The summed E-state index contributed by atoms with van der Waals surface area (Å²) in [5.74, 6) is 2.48. The topological polar surface area (TPSA) is 80.5 Å². The first-order valence-electron chi connectivity index (χ1n) is 11.6. The third kappa shape index (κ3) is 3.29. The molecule has 0 unspecified atom stereocenters. The van der Waals surface area contributed by atoms with E-state index in [9.17, 15) is 4.79 Å². The maximum Gasteiger partial charge on any atom is 0.226 e. The molecule has 5 heterocycles. The molecule has 164 valence electrons. The Bertz CT molecular complexity index is 997. The lowest BCUT2D eigenvalue weighted by Gasteiger charge is -2.50. The Morgan fingerprint density at radius 2 is 2.19 bits per heavy atom. The van der Waals surface area contributed by atoms with Gasteiger partial charge in [-0.05, 0) is 74.4 Å². The van der Waals surface area contributed by atoms with Crippen molar-refractivity contribution in [3.63, 3.8) is 0 Å². The third-order valence-electron chi connectivity index (χ3n) is 7.98. The normalized spacial score (nSPS) is 29.2. The van der Waals surface area contributed by atoms with E-state index in [4.69, 9.17) is 10.5 Å². The second-order valence-corrected chi connectivity index (χ2v) is 10.7. The molecule has 3 fully saturated rings. The lowest BCUT2D eigenvalue weighted by atomic mass is 9.61. The Morgan fingerprint density at radius 1 is 1.32 bits per heavy atom. The van der Waals surface area contributed by atoms with Crippen LogP contribution in [-0.2, 0) is 21.6 Å². The summed E-state index contributed by atoms with van der Waals surface area (Å²) < 4.78 is 6.43. The zero-order valence-electron chi connectivity index (χ0n) is 17.8. The van der Waals surface area contributed by atoms with Gasteiger partial charge in [0.25, 0.3) is 0 Å². The highest BCUT2D eigenvalue weighted by Crippen LogP contribution is 2.48. The molecule has 0 bridgehead atoms. The number of thiophene rings is 1. The largest absolute Gasteiger partial charge is 0.384 e. The van der Waals surface area contributed by atoms with Crippen LogP contribution in [0.1, 0.15) is 36.1 Å². The van der Waals surface area contributed by atoms with Crippen molar-refractivity contribution < 1.29 is 9.53 Å². The Kier molecular flexibility index (Phi) is 4.81. The first kappa shape index (κ1) is 19.7. The van der Waals surface area contributed by atoms with E-state index in [1.807, 2.05) is 29.5 Å². The predicted octanol–water partition coefficient (Wildman–Crippen LogP) is 3.03. The minimum atomic E-state index is -0.256. The number of carbonyl (C=O) groups excluding carboxylic acids is 1. The number of hydrogen-bond donors (Lipinski definition) is 2. The molecule has 3 aliphatic heterocycles. The third-order valence-corrected chi connectivity index (χ3v) is 9.20. The van der Waals surface area contributed by atoms with Crippen molar-refractivity contribution >= 4 is 23.1 Å². The van der Waals surface area contributed by atoms with Crippen LogP contribution < -0.4 is 11.1 Å². The minimum absolute atomic E-state index is 0.233. The van der Waals surface area contributed by atoms with E-state index in [-0.39, 0.29) is 11.5 Å². The molecule has 0 aromatic carbocycles. The number of ether oxygens (including phenoxy) is 1. The van der Waals surface area contributed by atoms with Crippen molar-refractivity contribution in [1.82, 2.24) is 15.2 Å². The quantitative estimate of drug-likeness (QED) is 0.753. The monoisotopic (exact) mass is 438 g/mol. The standard InChI is InChI=1S/C24H30N4O2S/c25-22-3-1-2-19(27-22)21-13-18-20(31-21)5-11-30-24(18)6-9-28(10-7-24)23(29)16-12-15-4-8-26-14-17(15)16/h1-3,13,15-17,26H,4-12,14H2,(H2,25,27)/t15-,16-,17-/m1/s1. The van der Waals surface area contributed by atoms with Gasteiger partial charge in [-0.2, -0.15) is 0 Å². The fourth-order valence-electron chi connectivity index (χ4n) is 6.16. The number of hydrogen-bond acceptors (Lipinski definition) is 6. The fraction of sp³-hybridized carbons (Fsp3) is 0.583. The van der Waals surface area contributed by atoms with E-state index in [1.165, 1.54) is 16.9 Å². The van der Waals surface area contributed by atoms with Crippen molar-refractivity contribution in [2.75, 3.05) is 38.5 Å². The molecule has 4 aliphatic rings. The molecule has 6 nitrogen and oxygen atoms in total. The van der Waals surface area contributed by atoms with Gasteiger partial charge in [0.2, 0.25) is 5.91 Å². The van der Waals surface area contributed by atoms with Crippen LogP contribution in [0.4, 0.5) is 5.82 Å². The van der Waals surface area contributed by atoms with Crippen molar-refractivity contribution in [3.8, 4) is 10.6 Å². The van der Waals surface area contributed by atoms with Crippen molar-refractivity contribution in [2.24, 2.45) is 17.8 Å². The van der Waals surface area contributed by atoms with Crippen molar-refractivity contribution in [3.05, 3.63) is 34.7 Å². The van der Waals surface area contributed by atoms with Gasteiger partial charge in [-0.3, -0.25) is 4.79 Å². The lowest BCUT2D eigenvalue weighted by Crippen LogP contribution is -2.56. The number of nitrogens with two attached hydrogens (primary N) is 1. The number of piperidine rings is 2. The van der Waals surface area contributed by atoms with Crippen LogP contribution in [-0.4, -0.2) is 48.6 Å². The molecule has 1 aliphatic carbocycles. The van der Waals surface area contributed by atoms with Gasteiger partial charge in [0.05, 0.1) is 22.8 Å². The van der Waals surface area contributed by atoms with Gasteiger partial charge in [-0.15, -0.1) is 11.3 Å². The molecule has 3 N–H and O–H groups in total. The summed E-state index contributed by atoms with van der Waals surface area (Å²) in [6, 6.07) is 8.07. The van der Waals surface area contributed by atoms with Crippen molar-refractivity contribution in [2.45, 2.75) is 37.7 Å². The number of pyridine rings is 1. The Labute approximate surface area is 187 Å². The number of nitrogens with zero attached hydrogens (tertiary/aromatic N) is 2. The molecule has 2 aromatic rings. The zero-order valence-corrected chi connectivity index (χ0v) is 18.6. The maximum atomic E-state index is 13.2. The summed E-state index contributed by atoms with van der Waals surface area (Å²) in [4.78, 5) is 22.4. The molecule has 0 radical (unpaired) electrons. The summed E-state index contributed by atoms with van der Waals surface area (Å²) >= 11 is 1.82. The molecular weight excluding hydrogens is 408 g/mol. The van der Waals surface area contributed by atoms with Gasteiger partial charge in [-0.25, -0.2) is 4.98 Å². The molecule has 1 amide bonds. The summed E-state index contributed by atoms with van der Waals surface area (Å²) in [6.45, 7) is 4.47. The smallest absolute Gasteiger partial charge is 0.226 e. The molecule has 6 rings (SSSR count). The first-order chi connectivity index (χ1) is 15.1. The highest BCUT2D eigenvalue weighted by Gasteiger charge is 2.49. The van der Waals surface area contributed by atoms with Gasteiger partial charge in [-0.1, -0.05) is 6.07 Å². The lowest BCUT2D eigenvalue weighted by molar-refractivity contribution is -0.153. The molecule has 31 heavy (non-hydrogen) atoms. The second kappa shape index (κ2) is 7.57. The Balaban J connectivity index is 1.18. The Morgan fingerprint density at radius 3 is 3.00 bits per heavy atom. The average Bonchev–Trinajstić information content (AvgIpc) is 3.21. The molecule has 1 saturated carbocycles. The van der Waals surface area contributed by atoms with Gasteiger partial charge in [0, 0.05) is 30.3 Å². The molecule has 1 spiro atoms. The number of nitrogens with one attached hydrogen (secondary N) is 1.